The minimum absolute atomic E-state index is 0.108. The molecule has 0 bridgehead atoms. The average Bonchev–Trinajstić information content (AvgIpc) is 3.18. The highest BCUT2D eigenvalue weighted by atomic mass is 31.1. The molecule has 1 amide bonds. The summed E-state index contributed by atoms with van der Waals surface area (Å²) in [6.45, 7) is 11.0. The first-order valence-electron chi connectivity index (χ1n) is 24.8. The van der Waals surface area contributed by atoms with Gasteiger partial charge < -0.3 is 14.9 Å². The Kier molecular flexibility index (Phi) is 41.3. The molecule has 0 fully saturated rings. The fourth-order valence-electron chi connectivity index (χ4n) is 8.34. The van der Waals surface area contributed by atoms with E-state index < -0.39 is 7.80 Å². The van der Waals surface area contributed by atoms with Crippen molar-refractivity contribution in [3.8, 4) is 0 Å². The standard InChI is InChI=1S/C49H100N2O3P/c1-7-11-15-18-20-22-24-26-28-30-33-36-46(35-14-10-4)39-40-51(44-48(45-52)55(54)42-41-50(5)6)49(53)43-47(37-32-17-13-9-3)38-34-31-29-27-25-23-21-19-16-12-8-2/h46-48,52H,7-45H2,1-6H3/q+1. The van der Waals surface area contributed by atoms with E-state index in [1.807, 2.05) is 14.1 Å². The second-order valence-corrected chi connectivity index (χ2v) is 20.0. The van der Waals surface area contributed by atoms with Crippen molar-refractivity contribution in [3.63, 3.8) is 0 Å². The van der Waals surface area contributed by atoms with Crippen molar-refractivity contribution >= 4 is 13.7 Å². The Morgan fingerprint density at radius 2 is 0.855 bits per heavy atom. The first-order chi connectivity index (χ1) is 26.8. The Hall–Kier alpha value is -0.510. The molecule has 0 saturated carbocycles. The molecule has 0 aromatic heterocycles. The summed E-state index contributed by atoms with van der Waals surface area (Å²) in [5.74, 6) is 1.33. The van der Waals surface area contributed by atoms with Crippen molar-refractivity contribution in [2.75, 3.05) is 46.5 Å². The maximum atomic E-state index is 14.3. The number of nitrogens with zero attached hydrogens (tertiary/aromatic N) is 2. The molecular formula is C49H100N2O3P+. The topological polar surface area (TPSA) is 60.9 Å². The summed E-state index contributed by atoms with van der Waals surface area (Å²) in [4.78, 5) is 18.4. The van der Waals surface area contributed by atoms with Crippen LogP contribution >= 0.6 is 7.80 Å². The van der Waals surface area contributed by atoms with Crippen LogP contribution in [0, 0.1) is 11.8 Å². The molecule has 0 saturated heterocycles. The highest BCUT2D eigenvalue weighted by Gasteiger charge is 2.33. The van der Waals surface area contributed by atoms with Gasteiger partial charge in [0.15, 0.2) is 11.8 Å². The molecule has 4 unspecified atom stereocenters. The molecule has 4 atom stereocenters. The largest absolute Gasteiger partial charge is 0.392 e. The molecule has 0 radical (unpaired) electrons. The Morgan fingerprint density at radius 1 is 0.491 bits per heavy atom. The molecule has 0 spiro atoms. The van der Waals surface area contributed by atoms with Crippen LogP contribution in [-0.2, 0) is 9.36 Å². The van der Waals surface area contributed by atoms with Crippen molar-refractivity contribution in [1.29, 1.82) is 0 Å². The van der Waals surface area contributed by atoms with Crippen molar-refractivity contribution in [2.24, 2.45) is 11.8 Å². The molecule has 1 N–H and O–H groups in total. The second-order valence-electron chi connectivity index (χ2n) is 18.0. The van der Waals surface area contributed by atoms with Crippen LogP contribution in [0.2, 0.25) is 0 Å². The SMILES string of the molecule is CCCCCCCCCCCCCC(CCCC)CCN(CC(CO)[P+](=O)CCN(C)C)C(=O)CC(CCCCCC)CCCCCCCCCCCCC. The zero-order chi connectivity index (χ0) is 40.6. The summed E-state index contributed by atoms with van der Waals surface area (Å²) in [6, 6.07) is 0. The van der Waals surface area contributed by atoms with Crippen LogP contribution in [0.3, 0.4) is 0 Å². The molecule has 328 valence electrons. The predicted octanol–water partition coefficient (Wildman–Crippen LogP) is 15.1. The van der Waals surface area contributed by atoms with Gasteiger partial charge in [-0.3, -0.25) is 4.79 Å². The molecule has 0 aliphatic heterocycles. The van der Waals surface area contributed by atoms with E-state index in [2.05, 4.69) is 37.5 Å². The van der Waals surface area contributed by atoms with E-state index in [4.69, 9.17) is 0 Å². The van der Waals surface area contributed by atoms with Gasteiger partial charge in [-0.1, -0.05) is 225 Å². The monoisotopic (exact) mass is 796 g/mol. The third-order valence-corrected chi connectivity index (χ3v) is 14.1. The smallest absolute Gasteiger partial charge is 0.347 e. The summed E-state index contributed by atoms with van der Waals surface area (Å²) in [6.07, 6.45) is 44.5. The summed E-state index contributed by atoms with van der Waals surface area (Å²) in [5, 5.41) is 10.4. The van der Waals surface area contributed by atoms with Crippen LogP contribution in [0.4, 0.5) is 0 Å². The first-order valence-corrected chi connectivity index (χ1v) is 26.3. The number of unbranched alkanes of at least 4 members (excludes halogenated alkanes) is 24. The van der Waals surface area contributed by atoms with E-state index >= 15 is 0 Å². The van der Waals surface area contributed by atoms with E-state index in [1.54, 1.807) is 0 Å². The maximum Gasteiger partial charge on any atom is 0.347 e. The number of amides is 1. The van der Waals surface area contributed by atoms with Crippen LogP contribution in [0.5, 0.6) is 0 Å². The van der Waals surface area contributed by atoms with E-state index in [0.717, 1.165) is 32.4 Å². The van der Waals surface area contributed by atoms with Crippen LogP contribution in [0.15, 0.2) is 0 Å². The quantitative estimate of drug-likeness (QED) is 0.0493. The number of carbonyl (C=O) groups excluding carboxylic acids is 1. The Balaban J connectivity index is 5.35. The molecule has 0 aromatic rings. The lowest BCUT2D eigenvalue weighted by Gasteiger charge is -2.28. The highest BCUT2D eigenvalue weighted by Crippen LogP contribution is 2.31. The third-order valence-electron chi connectivity index (χ3n) is 12.3. The van der Waals surface area contributed by atoms with Crippen LogP contribution < -0.4 is 0 Å². The lowest BCUT2D eigenvalue weighted by Crippen LogP contribution is -2.40. The summed E-state index contributed by atoms with van der Waals surface area (Å²) >= 11 is 0. The van der Waals surface area contributed by atoms with Crippen molar-refractivity contribution in [3.05, 3.63) is 0 Å². The molecule has 55 heavy (non-hydrogen) atoms. The lowest BCUT2D eigenvalue weighted by molar-refractivity contribution is -0.132. The molecule has 0 aromatic carbocycles. The van der Waals surface area contributed by atoms with Gasteiger partial charge >= 0.3 is 7.80 Å². The number of aliphatic hydroxyl groups is 1. The molecule has 0 rings (SSSR count). The van der Waals surface area contributed by atoms with E-state index in [9.17, 15) is 14.5 Å². The summed E-state index contributed by atoms with van der Waals surface area (Å²) in [7, 11) is 2.43. The number of hydrogen-bond donors (Lipinski definition) is 1. The number of aliphatic hydroxyl groups excluding tert-OH is 1. The number of hydrogen-bond acceptors (Lipinski definition) is 4. The van der Waals surface area contributed by atoms with Gasteiger partial charge in [0.05, 0.1) is 13.2 Å². The second kappa shape index (κ2) is 41.6. The highest BCUT2D eigenvalue weighted by molar-refractivity contribution is 7.45. The van der Waals surface area contributed by atoms with Gasteiger partial charge in [-0.15, -0.1) is 0 Å². The van der Waals surface area contributed by atoms with Crippen LogP contribution in [-0.4, -0.2) is 73.0 Å². The van der Waals surface area contributed by atoms with E-state index in [-0.39, 0.29) is 18.2 Å². The molecule has 0 heterocycles. The zero-order valence-corrected chi connectivity index (χ0v) is 39.3. The van der Waals surface area contributed by atoms with E-state index in [1.165, 1.54) is 193 Å². The normalized spacial score (nSPS) is 13.7. The Bertz CT molecular complexity index is 824. The maximum absolute atomic E-state index is 14.3. The fraction of sp³-hybridized carbons (Fsp3) is 0.980. The van der Waals surface area contributed by atoms with Gasteiger partial charge in [0, 0.05) is 19.5 Å². The van der Waals surface area contributed by atoms with Gasteiger partial charge in [0.25, 0.3) is 0 Å². The van der Waals surface area contributed by atoms with Gasteiger partial charge in [-0.25, -0.2) is 0 Å². The minimum Gasteiger partial charge on any atom is -0.392 e. The zero-order valence-electron chi connectivity index (χ0n) is 38.4. The number of carbonyl (C=O) groups is 1. The van der Waals surface area contributed by atoms with E-state index in [0.29, 0.717) is 31.0 Å². The Labute approximate surface area is 346 Å². The lowest BCUT2D eigenvalue weighted by atomic mass is 9.90. The van der Waals surface area contributed by atoms with Gasteiger partial charge in [0.1, 0.15) is 0 Å². The minimum atomic E-state index is -1.58. The predicted molar refractivity (Wildman–Crippen MR) is 245 cm³/mol. The van der Waals surface area contributed by atoms with Crippen LogP contribution in [0.1, 0.15) is 246 Å². The first kappa shape index (κ1) is 54.5. The van der Waals surface area contributed by atoms with Crippen molar-refractivity contribution < 1.29 is 14.5 Å². The average molecular weight is 796 g/mol. The van der Waals surface area contributed by atoms with Crippen molar-refractivity contribution in [1.82, 2.24) is 9.80 Å². The molecule has 6 heteroatoms. The summed E-state index contributed by atoms with van der Waals surface area (Å²) < 4.78 is 13.4. The van der Waals surface area contributed by atoms with Crippen molar-refractivity contribution in [2.45, 2.75) is 252 Å². The molecule has 0 aliphatic carbocycles. The molecule has 0 aliphatic rings. The molecular weight excluding hydrogens is 696 g/mol. The fourth-order valence-corrected chi connectivity index (χ4v) is 9.86. The van der Waals surface area contributed by atoms with Gasteiger partial charge in [-0.2, -0.15) is 0 Å². The van der Waals surface area contributed by atoms with Crippen LogP contribution in [0.25, 0.3) is 0 Å². The summed E-state index contributed by atoms with van der Waals surface area (Å²) in [5.41, 5.74) is -0.339. The number of rotatable bonds is 44. The van der Waals surface area contributed by atoms with Gasteiger partial charge in [-0.05, 0) is 45.2 Å². The Morgan fingerprint density at radius 3 is 1.25 bits per heavy atom. The molecule has 5 nitrogen and oxygen atoms in total. The van der Waals surface area contributed by atoms with Gasteiger partial charge in [0.2, 0.25) is 5.91 Å². The third kappa shape index (κ3) is 35.2.